The SMILES string of the molecule is CC(C)(C)OC(=O)CN1CCC(CN2CCN(c3ccc(I)cc3)C[C@H]2CO)CC1. The number of piperidine rings is 1. The van der Waals surface area contributed by atoms with Crippen LogP contribution in [0.5, 0.6) is 0 Å². The number of carbonyl (C=O) groups is 1. The molecule has 2 heterocycles. The highest BCUT2D eigenvalue weighted by Gasteiger charge is 2.30. The van der Waals surface area contributed by atoms with Gasteiger partial charge in [0, 0.05) is 35.4 Å². The van der Waals surface area contributed by atoms with E-state index in [-0.39, 0.29) is 18.6 Å². The molecule has 0 aromatic heterocycles. The zero-order valence-corrected chi connectivity index (χ0v) is 20.7. The second-order valence-electron chi connectivity index (χ2n) is 9.56. The standard InChI is InChI=1S/C23H36IN3O3/c1-23(2,3)30-22(29)16-25-10-8-18(9-11-25)14-26-12-13-27(15-21(26)17-28)20-6-4-19(24)5-7-20/h4-7,18,21,28H,8-17H2,1-3H3/t21-/m0/s1. The summed E-state index contributed by atoms with van der Waals surface area (Å²) in [5.74, 6) is 0.492. The van der Waals surface area contributed by atoms with Crippen molar-refractivity contribution in [2.24, 2.45) is 5.92 Å². The molecule has 2 fully saturated rings. The molecule has 1 atom stereocenters. The van der Waals surface area contributed by atoms with Crippen LogP contribution in [0, 0.1) is 9.49 Å². The number of piperazine rings is 1. The van der Waals surface area contributed by atoms with Gasteiger partial charge >= 0.3 is 5.97 Å². The first-order valence-corrected chi connectivity index (χ1v) is 12.1. The number of halogens is 1. The number of anilines is 1. The van der Waals surface area contributed by atoms with Crippen LogP contribution in [-0.2, 0) is 9.53 Å². The van der Waals surface area contributed by atoms with Gasteiger partial charge in [-0.2, -0.15) is 0 Å². The Labute approximate surface area is 194 Å². The van der Waals surface area contributed by atoms with Gasteiger partial charge in [-0.1, -0.05) is 0 Å². The van der Waals surface area contributed by atoms with Crippen LogP contribution in [0.15, 0.2) is 24.3 Å². The van der Waals surface area contributed by atoms with Gasteiger partial charge in [0.15, 0.2) is 0 Å². The van der Waals surface area contributed by atoms with E-state index < -0.39 is 5.60 Å². The molecule has 0 spiro atoms. The lowest BCUT2D eigenvalue weighted by atomic mass is 9.95. The van der Waals surface area contributed by atoms with Crippen LogP contribution in [0.25, 0.3) is 0 Å². The molecule has 2 saturated heterocycles. The molecule has 1 aromatic carbocycles. The Balaban J connectivity index is 1.44. The lowest BCUT2D eigenvalue weighted by Gasteiger charge is -2.44. The van der Waals surface area contributed by atoms with Gasteiger partial charge in [0.2, 0.25) is 0 Å². The number of likely N-dealkylation sites (tertiary alicyclic amines) is 1. The van der Waals surface area contributed by atoms with Crippen molar-refractivity contribution < 1.29 is 14.6 Å². The minimum atomic E-state index is -0.422. The average Bonchev–Trinajstić information content (AvgIpc) is 2.69. The van der Waals surface area contributed by atoms with E-state index in [0.29, 0.717) is 12.5 Å². The fraction of sp³-hybridized carbons (Fsp3) is 0.696. The van der Waals surface area contributed by atoms with Gasteiger partial charge in [0.1, 0.15) is 5.60 Å². The molecule has 1 aromatic rings. The molecule has 7 heteroatoms. The molecule has 6 nitrogen and oxygen atoms in total. The van der Waals surface area contributed by atoms with E-state index >= 15 is 0 Å². The maximum absolute atomic E-state index is 12.1. The van der Waals surface area contributed by atoms with Crippen molar-refractivity contribution in [1.82, 2.24) is 9.80 Å². The second-order valence-corrected chi connectivity index (χ2v) is 10.8. The molecule has 0 radical (unpaired) electrons. The quantitative estimate of drug-likeness (QED) is 0.452. The molecule has 30 heavy (non-hydrogen) atoms. The van der Waals surface area contributed by atoms with E-state index in [2.05, 4.69) is 61.6 Å². The highest BCUT2D eigenvalue weighted by Crippen LogP contribution is 2.24. The van der Waals surface area contributed by atoms with Gasteiger partial charge in [0.05, 0.1) is 19.2 Å². The molecule has 1 N–H and O–H groups in total. The number of hydrogen-bond donors (Lipinski definition) is 1. The summed E-state index contributed by atoms with van der Waals surface area (Å²) in [7, 11) is 0. The second kappa shape index (κ2) is 10.6. The lowest BCUT2D eigenvalue weighted by Crippen LogP contribution is -2.56. The molecule has 168 valence electrons. The molecular weight excluding hydrogens is 493 g/mol. The van der Waals surface area contributed by atoms with Crippen LogP contribution >= 0.6 is 22.6 Å². The van der Waals surface area contributed by atoms with Gasteiger partial charge in [-0.15, -0.1) is 0 Å². The third-order valence-corrected chi connectivity index (χ3v) is 6.70. The van der Waals surface area contributed by atoms with Crippen LogP contribution in [0.3, 0.4) is 0 Å². The summed E-state index contributed by atoms with van der Waals surface area (Å²) in [4.78, 5) is 19.1. The van der Waals surface area contributed by atoms with Gasteiger partial charge in [-0.25, -0.2) is 0 Å². The zero-order valence-electron chi connectivity index (χ0n) is 18.5. The Bertz CT molecular complexity index is 684. The number of esters is 1. The van der Waals surface area contributed by atoms with Crippen molar-refractivity contribution in [3.8, 4) is 0 Å². The molecule has 0 unspecified atom stereocenters. The van der Waals surface area contributed by atoms with Crippen LogP contribution < -0.4 is 4.90 Å². The largest absolute Gasteiger partial charge is 0.459 e. The number of hydrogen-bond acceptors (Lipinski definition) is 6. The Kier molecular flexibility index (Phi) is 8.40. The molecule has 0 amide bonds. The summed E-state index contributed by atoms with van der Waals surface area (Å²) in [5.41, 5.74) is 0.818. The van der Waals surface area contributed by atoms with E-state index in [1.165, 1.54) is 9.26 Å². The Morgan fingerprint density at radius 1 is 1.13 bits per heavy atom. The third-order valence-electron chi connectivity index (χ3n) is 5.98. The minimum Gasteiger partial charge on any atom is -0.459 e. The van der Waals surface area contributed by atoms with Crippen LogP contribution in [-0.4, -0.2) is 84.9 Å². The van der Waals surface area contributed by atoms with Crippen molar-refractivity contribution in [1.29, 1.82) is 0 Å². The monoisotopic (exact) mass is 529 g/mol. The predicted molar refractivity (Wildman–Crippen MR) is 129 cm³/mol. The summed E-state index contributed by atoms with van der Waals surface area (Å²) in [6.45, 7) is 12.1. The smallest absolute Gasteiger partial charge is 0.320 e. The van der Waals surface area contributed by atoms with Crippen molar-refractivity contribution in [3.63, 3.8) is 0 Å². The van der Waals surface area contributed by atoms with Crippen molar-refractivity contribution in [2.75, 3.05) is 57.3 Å². The van der Waals surface area contributed by atoms with E-state index in [4.69, 9.17) is 4.74 Å². The third kappa shape index (κ3) is 7.07. The van der Waals surface area contributed by atoms with E-state index in [1.807, 2.05) is 20.8 Å². The summed E-state index contributed by atoms with van der Waals surface area (Å²) in [5, 5.41) is 10.0. The number of aliphatic hydroxyl groups excluding tert-OH is 1. The maximum Gasteiger partial charge on any atom is 0.320 e. The van der Waals surface area contributed by atoms with Gasteiger partial charge in [-0.05, 0) is 99.5 Å². The number of carbonyl (C=O) groups excluding carboxylic acids is 1. The first-order chi connectivity index (χ1) is 14.2. The fourth-order valence-electron chi connectivity index (χ4n) is 4.41. The molecule has 3 rings (SSSR count). The molecular formula is C23H36IN3O3. The number of rotatable bonds is 6. The summed E-state index contributed by atoms with van der Waals surface area (Å²) >= 11 is 2.33. The van der Waals surface area contributed by atoms with Crippen LogP contribution in [0.2, 0.25) is 0 Å². The number of ether oxygens (including phenoxy) is 1. The highest BCUT2D eigenvalue weighted by molar-refractivity contribution is 14.1. The van der Waals surface area contributed by atoms with Crippen molar-refractivity contribution >= 4 is 34.2 Å². The Morgan fingerprint density at radius 2 is 1.80 bits per heavy atom. The normalized spacial score (nSPS) is 22.3. The van der Waals surface area contributed by atoms with E-state index in [1.54, 1.807) is 0 Å². The fourth-order valence-corrected chi connectivity index (χ4v) is 4.77. The zero-order chi connectivity index (χ0) is 21.7. The lowest BCUT2D eigenvalue weighted by molar-refractivity contribution is -0.156. The van der Waals surface area contributed by atoms with Gasteiger partial charge in [0.25, 0.3) is 0 Å². The topological polar surface area (TPSA) is 56.2 Å². The van der Waals surface area contributed by atoms with Crippen molar-refractivity contribution in [2.45, 2.75) is 45.3 Å². The maximum atomic E-state index is 12.1. The van der Waals surface area contributed by atoms with Gasteiger partial charge < -0.3 is 14.7 Å². The average molecular weight is 529 g/mol. The summed E-state index contributed by atoms with van der Waals surface area (Å²) < 4.78 is 6.69. The predicted octanol–water partition coefficient (Wildman–Crippen LogP) is 2.83. The van der Waals surface area contributed by atoms with Gasteiger partial charge in [-0.3, -0.25) is 14.6 Å². The molecule has 2 aliphatic rings. The van der Waals surface area contributed by atoms with E-state index in [0.717, 1.165) is 52.1 Å². The molecule has 0 bridgehead atoms. The molecule has 0 saturated carbocycles. The van der Waals surface area contributed by atoms with Crippen molar-refractivity contribution in [3.05, 3.63) is 27.8 Å². The summed E-state index contributed by atoms with van der Waals surface area (Å²) in [6.07, 6.45) is 2.19. The first kappa shape index (κ1) is 23.8. The molecule has 2 aliphatic heterocycles. The Morgan fingerprint density at radius 3 is 2.40 bits per heavy atom. The number of nitrogens with zero attached hydrogens (tertiary/aromatic N) is 3. The highest BCUT2D eigenvalue weighted by atomic mass is 127. The Hall–Kier alpha value is -0.900. The first-order valence-electron chi connectivity index (χ1n) is 11.0. The minimum absolute atomic E-state index is 0.131. The number of benzene rings is 1. The van der Waals surface area contributed by atoms with Crippen LogP contribution in [0.4, 0.5) is 5.69 Å². The molecule has 0 aliphatic carbocycles. The summed E-state index contributed by atoms with van der Waals surface area (Å²) in [6, 6.07) is 8.80. The van der Waals surface area contributed by atoms with E-state index in [9.17, 15) is 9.90 Å². The van der Waals surface area contributed by atoms with Crippen LogP contribution in [0.1, 0.15) is 33.6 Å². The number of aliphatic hydroxyl groups is 1.